The minimum atomic E-state index is -0.731. The van der Waals surface area contributed by atoms with Gasteiger partial charge in [-0.2, -0.15) is 5.26 Å². The van der Waals surface area contributed by atoms with E-state index in [-0.39, 0.29) is 23.9 Å². The Balaban J connectivity index is 1.60. The molecule has 7 nitrogen and oxygen atoms in total. The molecule has 1 aromatic rings. The van der Waals surface area contributed by atoms with Gasteiger partial charge in [0.05, 0.1) is 17.3 Å². The third-order valence-electron chi connectivity index (χ3n) is 5.13. The van der Waals surface area contributed by atoms with Crippen molar-refractivity contribution in [2.24, 2.45) is 5.73 Å². The van der Waals surface area contributed by atoms with Crippen molar-refractivity contribution in [2.75, 3.05) is 44.2 Å². The fraction of sp³-hybridized carbons (Fsp3) is 0.526. The third kappa shape index (κ3) is 4.37. The van der Waals surface area contributed by atoms with Gasteiger partial charge in [-0.25, -0.2) is 4.39 Å². The van der Waals surface area contributed by atoms with E-state index in [4.69, 9.17) is 11.0 Å². The molecule has 0 radical (unpaired) electrons. The van der Waals surface area contributed by atoms with E-state index in [1.807, 2.05) is 11.0 Å². The SMILES string of the molecule is N#Cc1ccc(N2CCCN(C(=O)[C@@H](N)CN3CCCC3=O)CC2)c(F)c1. The van der Waals surface area contributed by atoms with E-state index in [1.54, 1.807) is 21.9 Å². The van der Waals surface area contributed by atoms with E-state index in [2.05, 4.69) is 0 Å². The summed E-state index contributed by atoms with van der Waals surface area (Å²) in [7, 11) is 0. The van der Waals surface area contributed by atoms with Crippen molar-refractivity contribution in [1.29, 1.82) is 5.26 Å². The zero-order valence-corrected chi connectivity index (χ0v) is 15.2. The molecule has 27 heavy (non-hydrogen) atoms. The number of halogens is 1. The molecular formula is C19H24FN5O2. The zero-order chi connectivity index (χ0) is 19.4. The van der Waals surface area contributed by atoms with Gasteiger partial charge in [0, 0.05) is 45.7 Å². The summed E-state index contributed by atoms with van der Waals surface area (Å²) in [6.07, 6.45) is 2.03. The summed E-state index contributed by atoms with van der Waals surface area (Å²) >= 11 is 0. The second-order valence-electron chi connectivity index (χ2n) is 6.99. The van der Waals surface area contributed by atoms with Gasteiger partial charge in [-0.05, 0) is 31.0 Å². The van der Waals surface area contributed by atoms with E-state index in [9.17, 15) is 14.0 Å². The highest BCUT2D eigenvalue weighted by molar-refractivity contribution is 5.84. The number of nitrogens with zero attached hydrogens (tertiary/aromatic N) is 4. The lowest BCUT2D eigenvalue weighted by Gasteiger charge is -2.27. The van der Waals surface area contributed by atoms with Crippen LogP contribution >= 0.6 is 0 Å². The number of likely N-dealkylation sites (tertiary alicyclic amines) is 1. The first-order valence-electron chi connectivity index (χ1n) is 9.26. The van der Waals surface area contributed by atoms with E-state index in [0.717, 1.165) is 6.42 Å². The van der Waals surface area contributed by atoms with Crippen molar-refractivity contribution in [1.82, 2.24) is 9.80 Å². The minimum absolute atomic E-state index is 0.0524. The Hall–Kier alpha value is -2.66. The topological polar surface area (TPSA) is 93.7 Å². The van der Waals surface area contributed by atoms with E-state index in [1.165, 1.54) is 6.07 Å². The molecule has 2 aliphatic rings. The van der Waals surface area contributed by atoms with Crippen LogP contribution in [0.25, 0.3) is 0 Å². The van der Waals surface area contributed by atoms with Crippen LogP contribution in [0.5, 0.6) is 0 Å². The number of nitriles is 1. The fourth-order valence-electron chi connectivity index (χ4n) is 3.66. The van der Waals surface area contributed by atoms with Crippen LogP contribution in [0, 0.1) is 17.1 Å². The van der Waals surface area contributed by atoms with Crippen molar-refractivity contribution in [3.63, 3.8) is 0 Å². The van der Waals surface area contributed by atoms with Crippen molar-refractivity contribution < 1.29 is 14.0 Å². The summed E-state index contributed by atoms with van der Waals surface area (Å²) in [5.41, 5.74) is 6.78. The fourth-order valence-corrected chi connectivity index (χ4v) is 3.66. The highest BCUT2D eigenvalue weighted by Gasteiger charge is 2.29. The summed E-state index contributed by atoms with van der Waals surface area (Å²) in [5.74, 6) is -0.550. The molecule has 0 aromatic heterocycles. The molecule has 0 bridgehead atoms. The molecule has 0 unspecified atom stereocenters. The van der Waals surface area contributed by atoms with Gasteiger partial charge >= 0.3 is 0 Å². The molecule has 3 rings (SSSR count). The summed E-state index contributed by atoms with van der Waals surface area (Å²) in [4.78, 5) is 29.6. The number of carbonyl (C=O) groups excluding carboxylic acids is 2. The summed E-state index contributed by atoms with van der Waals surface area (Å²) in [5, 5.41) is 8.86. The van der Waals surface area contributed by atoms with Crippen molar-refractivity contribution in [2.45, 2.75) is 25.3 Å². The number of rotatable bonds is 4. The third-order valence-corrected chi connectivity index (χ3v) is 5.13. The molecule has 1 atom stereocenters. The van der Waals surface area contributed by atoms with Crippen LogP contribution in [0.1, 0.15) is 24.8 Å². The van der Waals surface area contributed by atoms with Gasteiger partial charge in [-0.1, -0.05) is 0 Å². The second-order valence-corrected chi connectivity index (χ2v) is 6.99. The van der Waals surface area contributed by atoms with Gasteiger partial charge in [-0.15, -0.1) is 0 Å². The lowest BCUT2D eigenvalue weighted by molar-refractivity contribution is -0.134. The highest BCUT2D eigenvalue weighted by atomic mass is 19.1. The van der Waals surface area contributed by atoms with Gasteiger partial charge in [-0.3, -0.25) is 9.59 Å². The molecule has 2 N–H and O–H groups in total. The van der Waals surface area contributed by atoms with Crippen molar-refractivity contribution in [3.8, 4) is 6.07 Å². The van der Waals surface area contributed by atoms with Crippen LogP contribution < -0.4 is 10.6 Å². The molecule has 2 fully saturated rings. The number of amides is 2. The van der Waals surface area contributed by atoms with Gasteiger partial charge < -0.3 is 20.4 Å². The number of benzene rings is 1. The predicted molar refractivity (Wildman–Crippen MR) is 98.3 cm³/mol. The monoisotopic (exact) mass is 373 g/mol. The summed E-state index contributed by atoms with van der Waals surface area (Å²) in [6, 6.07) is 5.62. The normalized spacial score (nSPS) is 19.0. The molecule has 0 aliphatic carbocycles. The van der Waals surface area contributed by atoms with Crippen LogP contribution in [-0.2, 0) is 9.59 Å². The molecule has 144 valence electrons. The van der Waals surface area contributed by atoms with Gasteiger partial charge in [0.1, 0.15) is 11.9 Å². The average molecular weight is 373 g/mol. The van der Waals surface area contributed by atoms with Crippen LogP contribution in [0.4, 0.5) is 10.1 Å². The molecule has 2 aliphatic heterocycles. The minimum Gasteiger partial charge on any atom is -0.367 e. The first kappa shape index (κ1) is 19.1. The summed E-state index contributed by atoms with van der Waals surface area (Å²) < 4.78 is 14.3. The van der Waals surface area contributed by atoms with Crippen molar-refractivity contribution >= 4 is 17.5 Å². The Morgan fingerprint density at radius 1 is 1.22 bits per heavy atom. The average Bonchev–Trinajstić information content (AvgIpc) is 2.92. The van der Waals surface area contributed by atoms with E-state index >= 15 is 0 Å². The number of nitrogens with two attached hydrogens (primary N) is 1. The van der Waals surface area contributed by atoms with Gasteiger partial charge in [0.2, 0.25) is 11.8 Å². The maximum Gasteiger partial charge on any atom is 0.241 e. The molecular weight excluding hydrogens is 349 g/mol. The Morgan fingerprint density at radius 3 is 2.70 bits per heavy atom. The zero-order valence-electron chi connectivity index (χ0n) is 15.2. The summed E-state index contributed by atoms with van der Waals surface area (Å²) in [6.45, 7) is 3.01. The largest absolute Gasteiger partial charge is 0.367 e. The predicted octanol–water partition coefficient (Wildman–Crippen LogP) is 0.686. The molecule has 2 saturated heterocycles. The second kappa shape index (κ2) is 8.35. The van der Waals surface area contributed by atoms with E-state index in [0.29, 0.717) is 51.3 Å². The number of carbonyl (C=O) groups is 2. The van der Waals surface area contributed by atoms with E-state index < -0.39 is 11.9 Å². The van der Waals surface area contributed by atoms with Crippen molar-refractivity contribution in [3.05, 3.63) is 29.6 Å². The first-order valence-corrected chi connectivity index (χ1v) is 9.26. The molecule has 2 amide bonds. The molecule has 0 spiro atoms. The lowest BCUT2D eigenvalue weighted by Crippen LogP contribution is -2.50. The van der Waals surface area contributed by atoms with Crippen LogP contribution in [0.15, 0.2) is 18.2 Å². The van der Waals surface area contributed by atoms with Crippen LogP contribution in [0.2, 0.25) is 0 Å². The maximum atomic E-state index is 14.3. The Kier molecular flexibility index (Phi) is 5.91. The Bertz CT molecular complexity index is 763. The number of anilines is 1. The lowest BCUT2D eigenvalue weighted by atomic mass is 10.2. The number of hydrogen-bond donors (Lipinski definition) is 1. The number of hydrogen-bond acceptors (Lipinski definition) is 5. The van der Waals surface area contributed by atoms with Crippen LogP contribution in [0.3, 0.4) is 0 Å². The molecule has 8 heteroatoms. The quantitative estimate of drug-likeness (QED) is 0.838. The molecule has 1 aromatic carbocycles. The maximum absolute atomic E-state index is 14.3. The highest BCUT2D eigenvalue weighted by Crippen LogP contribution is 2.22. The Labute approximate surface area is 158 Å². The molecule has 2 heterocycles. The molecule has 0 saturated carbocycles. The van der Waals surface area contributed by atoms with Gasteiger partial charge in [0.15, 0.2) is 0 Å². The first-order chi connectivity index (χ1) is 13.0. The Morgan fingerprint density at radius 2 is 2.04 bits per heavy atom. The standard InChI is InChI=1S/C19H24FN5O2/c20-15-11-14(12-21)4-5-17(15)23-7-2-8-24(10-9-23)19(27)16(22)13-25-6-1-3-18(25)26/h4-5,11,16H,1-3,6-10,13,22H2/t16-/m0/s1. The van der Waals surface area contributed by atoms with Crippen LogP contribution in [-0.4, -0.2) is 66.9 Å². The smallest absolute Gasteiger partial charge is 0.241 e. The van der Waals surface area contributed by atoms with Gasteiger partial charge in [0.25, 0.3) is 0 Å².